The molecule has 0 heterocycles. The summed E-state index contributed by atoms with van der Waals surface area (Å²) in [6.07, 6.45) is 1.98. The van der Waals surface area contributed by atoms with E-state index in [1.165, 1.54) is 7.11 Å². The van der Waals surface area contributed by atoms with Crippen LogP contribution in [0.4, 0.5) is 0 Å². The number of carbonyl (C=O) groups is 1. The van der Waals surface area contributed by atoms with Crippen LogP contribution in [0.5, 0.6) is 0 Å². The van der Waals surface area contributed by atoms with Gasteiger partial charge in [-0.05, 0) is 12.0 Å². The fourth-order valence-corrected chi connectivity index (χ4v) is 2.12. The molecule has 112 valence electrons. The van der Waals surface area contributed by atoms with Crippen LogP contribution in [0.25, 0.3) is 0 Å². The van der Waals surface area contributed by atoms with Gasteiger partial charge in [0.1, 0.15) is 6.04 Å². The molecule has 0 aliphatic rings. The molecular formula is C17H22N2O2. The van der Waals surface area contributed by atoms with Gasteiger partial charge in [0.2, 0.25) is 0 Å². The summed E-state index contributed by atoms with van der Waals surface area (Å²) in [5, 5.41) is 9.52. The number of nitrogens with zero attached hydrogens (tertiary/aromatic N) is 2. The monoisotopic (exact) mass is 286 g/mol. The Morgan fingerprint density at radius 2 is 2.10 bits per heavy atom. The number of rotatable bonds is 8. The molecule has 0 saturated heterocycles. The van der Waals surface area contributed by atoms with Crippen molar-refractivity contribution >= 4 is 5.97 Å². The molecule has 4 heteroatoms. The van der Waals surface area contributed by atoms with Crippen LogP contribution in [0.3, 0.4) is 0 Å². The molecule has 0 aliphatic heterocycles. The smallest absolute Gasteiger partial charge is 0.334 e. The molecule has 1 atom stereocenters. The first-order chi connectivity index (χ1) is 10.1. The van der Waals surface area contributed by atoms with Crippen molar-refractivity contribution in [2.24, 2.45) is 0 Å². The standard InChI is InChI=1S/C17H22N2O2/c1-4-5-11-19(13-14(2)17(20)21-3)16(12-18)15-9-7-6-8-10-15/h6-10,16H,2,4-5,11,13H2,1,3H3. The van der Waals surface area contributed by atoms with Gasteiger partial charge in [0.25, 0.3) is 0 Å². The molecular weight excluding hydrogens is 264 g/mol. The largest absolute Gasteiger partial charge is 0.466 e. The summed E-state index contributed by atoms with van der Waals surface area (Å²) in [6, 6.07) is 11.5. The summed E-state index contributed by atoms with van der Waals surface area (Å²) in [5.41, 5.74) is 1.29. The van der Waals surface area contributed by atoms with Crippen molar-refractivity contribution in [2.75, 3.05) is 20.2 Å². The summed E-state index contributed by atoms with van der Waals surface area (Å²) in [4.78, 5) is 13.5. The van der Waals surface area contributed by atoms with Crippen molar-refractivity contribution in [3.8, 4) is 6.07 Å². The lowest BCUT2D eigenvalue weighted by Gasteiger charge is -2.27. The van der Waals surface area contributed by atoms with Crippen LogP contribution in [-0.2, 0) is 9.53 Å². The Kier molecular flexibility index (Phi) is 7.20. The summed E-state index contributed by atoms with van der Waals surface area (Å²) in [6.45, 7) is 6.92. The number of nitriles is 1. The number of esters is 1. The zero-order chi connectivity index (χ0) is 15.7. The van der Waals surface area contributed by atoms with Crippen LogP contribution in [0.2, 0.25) is 0 Å². The number of methoxy groups -OCH3 is 1. The van der Waals surface area contributed by atoms with Gasteiger partial charge in [-0.25, -0.2) is 4.79 Å². The SMILES string of the molecule is C=C(CN(CCCC)C(C#N)c1ccccc1)C(=O)OC. The van der Waals surface area contributed by atoms with Crippen molar-refractivity contribution in [3.63, 3.8) is 0 Å². The Labute approximate surface area is 126 Å². The quantitative estimate of drug-likeness (QED) is 0.544. The summed E-state index contributed by atoms with van der Waals surface area (Å²) >= 11 is 0. The van der Waals surface area contributed by atoms with Crippen molar-refractivity contribution in [1.82, 2.24) is 4.90 Å². The zero-order valence-corrected chi connectivity index (χ0v) is 12.7. The van der Waals surface area contributed by atoms with E-state index in [2.05, 4.69) is 24.3 Å². The second-order valence-electron chi connectivity index (χ2n) is 4.86. The molecule has 0 fully saturated rings. The lowest BCUT2D eigenvalue weighted by atomic mass is 10.1. The molecule has 21 heavy (non-hydrogen) atoms. The van der Waals surface area contributed by atoms with Crippen LogP contribution in [0.1, 0.15) is 31.4 Å². The van der Waals surface area contributed by atoms with Gasteiger partial charge in [-0.1, -0.05) is 50.3 Å². The predicted molar refractivity (Wildman–Crippen MR) is 82.4 cm³/mol. The van der Waals surface area contributed by atoms with Gasteiger partial charge in [0.05, 0.1) is 13.2 Å². The fraction of sp³-hybridized carbons (Fsp3) is 0.412. The van der Waals surface area contributed by atoms with Crippen molar-refractivity contribution in [1.29, 1.82) is 5.26 Å². The van der Waals surface area contributed by atoms with E-state index in [-0.39, 0.29) is 6.04 Å². The van der Waals surface area contributed by atoms with E-state index >= 15 is 0 Å². The van der Waals surface area contributed by atoms with Crippen LogP contribution < -0.4 is 0 Å². The van der Waals surface area contributed by atoms with E-state index in [1.807, 2.05) is 35.2 Å². The van der Waals surface area contributed by atoms with E-state index in [0.717, 1.165) is 24.9 Å². The number of ether oxygens (including phenoxy) is 1. The highest BCUT2D eigenvalue weighted by molar-refractivity contribution is 5.88. The Balaban J connectivity index is 2.92. The maximum atomic E-state index is 11.5. The summed E-state index contributed by atoms with van der Waals surface area (Å²) in [5.74, 6) is -0.429. The zero-order valence-electron chi connectivity index (χ0n) is 12.7. The molecule has 0 aromatic heterocycles. The molecule has 0 spiro atoms. The molecule has 0 radical (unpaired) electrons. The highest BCUT2D eigenvalue weighted by Gasteiger charge is 2.22. The minimum atomic E-state index is -0.429. The second kappa shape index (κ2) is 8.93. The van der Waals surface area contributed by atoms with E-state index < -0.39 is 5.97 Å². The predicted octanol–water partition coefficient (Wildman–Crippen LogP) is 3.08. The second-order valence-corrected chi connectivity index (χ2v) is 4.86. The van der Waals surface area contributed by atoms with Crippen molar-refractivity contribution in [3.05, 3.63) is 48.0 Å². The Morgan fingerprint density at radius 3 is 2.62 bits per heavy atom. The molecule has 0 amide bonds. The third kappa shape index (κ3) is 5.05. The van der Waals surface area contributed by atoms with Gasteiger partial charge >= 0.3 is 5.97 Å². The minimum absolute atomic E-state index is 0.333. The minimum Gasteiger partial charge on any atom is -0.466 e. The van der Waals surface area contributed by atoms with Crippen LogP contribution in [0, 0.1) is 11.3 Å². The first-order valence-corrected chi connectivity index (χ1v) is 7.08. The van der Waals surface area contributed by atoms with Crippen LogP contribution >= 0.6 is 0 Å². The molecule has 1 aromatic carbocycles. The normalized spacial score (nSPS) is 11.7. The topological polar surface area (TPSA) is 53.3 Å². The highest BCUT2D eigenvalue weighted by Crippen LogP contribution is 2.21. The van der Waals surface area contributed by atoms with Crippen molar-refractivity contribution < 1.29 is 9.53 Å². The van der Waals surface area contributed by atoms with E-state index in [4.69, 9.17) is 0 Å². The van der Waals surface area contributed by atoms with Crippen molar-refractivity contribution in [2.45, 2.75) is 25.8 Å². The molecule has 0 N–H and O–H groups in total. The molecule has 0 aliphatic carbocycles. The van der Waals surface area contributed by atoms with E-state index in [9.17, 15) is 10.1 Å². The Morgan fingerprint density at radius 1 is 1.43 bits per heavy atom. The first kappa shape index (κ1) is 16.9. The maximum absolute atomic E-state index is 11.5. The maximum Gasteiger partial charge on any atom is 0.334 e. The summed E-state index contributed by atoms with van der Waals surface area (Å²) in [7, 11) is 1.34. The van der Waals surface area contributed by atoms with E-state index in [0.29, 0.717) is 12.1 Å². The van der Waals surface area contributed by atoms with Crippen LogP contribution in [-0.4, -0.2) is 31.1 Å². The molecule has 0 saturated carbocycles. The van der Waals surface area contributed by atoms with Gasteiger partial charge in [0.15, 0.2) is 0 Å². The number of carbonyl (C=O) groups excluding carboxylic acids is 1. The Hall–Kier alpha value is -2.12. The number of unbranched alkanes of at least 4 members (excludes halogenated alkanes) is 1. The lowest BCUT2D eigenvalue weighted by Crippen LogP contribution is -2.32. The summed E-state index contributed by atoms with van der Waals surface area (Å²) < 4.78 is 4.69. The van der Waals surface area contributed by atoms with Crippen LogP contribution in [0.15, 0.2) is 42.5 Å². The van der Waals surface area contributed by atoms with Gasteiger partial charge in [-0.2, -0.15) is 5.26 Å². The lowest BCUT2D eigenvalue weighted by molar-refractivity contribution is -0.136. The van der Waals surface area contributed by atoms with Gasteiger partial charge in [-0.3, -0.25) is 4.90 Å². The first-order valence-electron chi connectivity index (χ1n) is 7.08. The average Bonchev–Trinajstić information content (AvgIpc) is 2.53. The molecule has 1 aromatic rings. The Bertz CT molecular complexity index is 505. The molecule has 1 rings (SSSR count). The van der Waals surface area contributed by atoms with Gasteiger partial charge in [0, 0.05) is 18.7 Å². The molecule has 1 unspecified atom stereocenters. The molecule has 0 bridgehead atoms. The van der Waals surface area contributed by atoms with E-state index in [1.54, 1.807) is 0 Å². The number of benzene rings is 1. The number of hydrogen-bond acceptors (Lipinski definition) is 4. The molecule has 4 nitrogen and oxygen atoms in total. The third-order valence-electron chi connectivity index (χ3n) is 3.27. The van der Waals surface area contributed by atoms with Gasteiger partial charge in [-0.15, -0.1) is 0 Å². The highest BCUT2D eigenvalue weighted by atomic mass is 16.5. The number of hydrogen-bond donors (Lipinski definition) is 0. The average molecular weight is 286 g/mol. The van der Waals surface area contributed by atoms with Gasteiger partial charge < -0.3 is 4.74 Å². The third-order valence-corrected chi connectivity index (χ3v) is 3.27. The fourth-order valence-electron chi connectivity index (χ4n) is 2.12.